The normalized spacial score (nSPS) is 20.0. The Balaban J connectivity index is 1.68. The Bertz CT molecular complexity index is 1750. The van der Waals surface area contributed by atoms with E-state index in [2.05, 4.69) is 32.1 Å². The van der Waals surface area contributed by atoms with Crippen LogP contribution in [0.5, 0.6) is 5.88 Å². The number of carbonyl (C=O) groups is 4. The minimum absolute atomic E-state index is 0.0287. The van der Waals surface area contributed by atoms with Gasteiger partial charge in [-0.3, -0.25) is 19.1 Å². The topological polar surface area (TPSA) is 186 Å². The van der Waals surface area contributed by atoms with Crippen molar-refractivity contribution in [2.24, 2.45) is 5.41 Å². The number of halogens is 1. The van der Waals surface area contributed by atoms with Crippen LogP contribution < -0.4 is 20.1 Å². The average molecular weight is 735 g/mol. The quantitative estimate of drug-likeness (QED) is 0.269. The van der Waals surface area contributed by atoms with Crippen LogP contribution in [0.25, 0.3) is 10.8 Å². The first kappa shape index (κ1) is 38.8. The molecule has 2 aliphatic rings. The molecule has 1 aliphatic heterocycles. The maximum atomic E-state index is 14.4. The number of rotatable bonds is 12. The van der Waals surface area contributed by atoms with Gasteiger partial charge < -0.3 is 25.0 Å². The van der Waals surface area contributed by atoms with Gasteiger partial charge in [-0.1, -0.05) is 56.6 Å². The highest BCUT2D eigenvalue weighted by molar-refractivity contribution is 7.91. The van der Waals surface area contributed by atoms with Crippen molar-refractivity contribution in [3.63, 3.8) is 0 Å². The second kappa shape index (κ2) is 14.7. The summed E-state index contributed by atoms with van der Waals surface area (Å²) in [6, 6.07) is 4.75. The molecule has 4 unspecified atom stereocenters. The van der Waals surface area contributed by atoms with E-state index >= 15 is 0 Å². The van der Waals surface area contributed by atoms with Gasteiger partial charge >= 0.3 is 6.09 Å². The maximum Gasteiger partial charge on any atom is 0.408 e. The monoisotopic (exact) mass is 734 g/mol. The van der Waals surface area contributed by atoms with Crippen molar-refractivity contribution in [2.75, 3.05) is 6.54 Å². The van der Waals surface area contributed by atoms with Gasteiger partial charge in [-0.25, -0.2) is 13.2 Å². The summed E-state index contributed by atoms with van der Waals surface area (Å²) in [6.07, 6.45) is 1.13. The van der Waals surface area contributed by atoms with Crippen LogP contribution in [0.3, 0.4) is 0 Å². The molecular formula is C34H47ClN6O8S. The second-order valence-electron chi connectivity index (χ2n) is 15.1. The molecule has 1 aliphatic carbocycles. The first-order valence-electron chi connectivity index (χ1n) is 16.5. The zero-order chi connectivity index (χ0) is 37.2. The lowest BCUT2D eigenvalue weighted by Gasteiger charge is -2.36. The molecule has 1 aromatic carbocycles. The van der Waals surface area contributed by atoms with Crippen LogP contribution in [-0.2, 0) is 29.1 Å². The Kier molecular flexibility index (Phi) is 11.4. The number of sulfonamides is 1. The summed E-state index contributed by atoms with van der Waals surface area (Å²) in [7, 11) is -3.93. The fraction of sp³-hybridized carbons (Fsp3) is 0.588. The second-order valence-corrected chi connectivity index (χ2v) is 17.4. The van der Waals surface area contributed by atoms with Crippen molar-refractivity contribution in [3.05, 3.63) is 42.1 Å². The van der Waals surface area contributed by atoms with E-state index in [1.54, 1.807) is 71.9 Å². The zero-order valence-electron chi connectivity index (χ0n) is 29.5. The number of fused-ring (bicyclic) bond motifs is 1. The number of amides is 4. The molecule has 16 heteroatoms. The number of allylic oxidation sites excluding steroid dienone is 1. The molecule has 50 heavy (non-hydrogen) atoms. The number of alkyl carbamates (subject to hydrolysis) is 1. The van der Waals surface area contributed by atoms with Gasteiger partial charge in [0.25, 0.3) is 5.91 Å². The molecule has 4 rings (SSSR count). The Morgan fingerprint density at radius 1 is 1.06 bits per heavy atom. The number of hydrogen-bond donors (Lipinski definition) is 3. The number of ether oxygens (including phenoxy) is 2. The predicted molar refractivity (Wildman–Crippen MR) is 188 cm³/mol. The highest BCUT2D eigenvalue weighted by Gasteiger charge is 2.49. The maximum absolute atomic E-state index is 14.4. The SMILES string of the molecule is C=CCCC(C)(NC(=O)C1CC(Oc2nnc(Cl)c3ccccc23)CN1C(=O)C(NC(=O)OC(C)(C)C)C(C)(C)C)C(=O)NS(=O)(=O)C1CC1. The Hall–Kier alpha value is -3.98. The summed E-state index contributed by atoms with van der Waals surface area (Å²) in [5.74, 6) is -2.06. The number of aromatic nitrogens is 2. The van der Waals surface area contributed by atoms with E-state index in [4.69, 9.17) is 21.1 Å². The summed E-state index contributed by atoms with van der Waals surface area (Å²) in [4.78, 5) is 56.3. The molecule has 0 radical (unpaired) electrons. The van der Waals surface area contributed by atoms with Gasteiger partial charge in [0, 0.05) is 17.2 Å². The summed E-state index contributed by atoms with van der Waals surface area (Å²) >= 11 is 6.26. The van der Waals surface area contributed by atoms with Crippen LogP contribution in [0.15, 0.2) is 36.9 Å². The highest BCUT2D eigenvalue weighted by Crippen LogP contribution is 2.33. The van der Waals surface area contributed by atoms with E-state index in [-0.39, 0.29) is 36.8 Å². The molecule has 2 heterocycles. The van der Waals surface area contributed by atoms with Gasteiger partial charge in [-0.15, -0.1) is 16.8 Å². The molecule has 2 fully saturated rings. The first-order chi connectivity index (χ1) is 23.1. The lowest BCUT2D eigenvalue weighted by atomic mass is 9.85. The first-order valence-corrected chi connectivity index (χ1v) is 18.4. The molecule has 4 amide bonds. The fourth-order valence-electron chi connectivity index (χ4n) is 5.59. The third-order valence-corrected chi connectivity index (χ3v) is 10.6. The van der Waals surface area contributed by atoms with E-state index in [0.717, 1.165) is 0 Å². The van der Waals surface area contributed by atoms with Gasteiger partial charge in [0.05, 0.1) is 11.8 Å². The summed E-state index contributed by atoms with van der Waals surface area (Å²) < 4.78 is 39.2. The number of nitrogens with one attached hydrogen (secondary N) is 3. The molecule has 4 atom stereocenters. The molecule has 274 valence electrons. The number of benzene rings is 1. The van der Waals surface area contributed by atoms with Crippen molar-refractivity contribution in [1.29, 1.82) is 0 Å². The van der Waals surface area contributed by atoms with Gasteiger partial charge in [0.15, 0.2) is 5.15 Å². The summed E-state index contributed by atoms with van der Waals surface area (Å²) in [6.45, 7) is 15.4. The minimum atomic E-state index is -3.93. The van der Waals surface area contributed by atoms with E-state index in [1.807, 2.05) is 0 Å². The molecule has 14 nitrogen and oxygen atoms in total. The van der Waals surface area contributed by atoms with Crippen molar-refractivity contribution >= 4 is 56.2 Å². The number of likely N-dealkylation sites (tertiary alicyclic amines) is 1. The standard InChI is InChI=1S/C34H47ClN6O8S/c1-9-10-17-34(8,30(44)40-50(46,47)21-15-16-21)37-27(42)24-18-20(48-28-23-14-12-11-13-22(23)26(35)38-39-28)19-41(24)29(43)25(32(2,3)4)36-31(45)49-33(5,6)7/h9,11-14,20-21,24-25H,1,10,15-19H2,2-8H3,(H,36,45)(H,37,42)(H,40,44). The van der Waals surface area contributed by atoms with Crippen molar-refractivity contribution in [1.82, 2.24) is 30.5 Å². The van der Waals surface area contributed by atoms with Gasteiger partial charge in [-0.2, -0.15) is 0 Å². The largest absolute Gasteiger partial charge is 0.471 e. The molecule has 0 spiro atoms. The van der Waals surface area contributed by atoms with Crippen LogP contribution in [0.1, 0.15) is 80.6 Å². The van der Waals surface area contributed by atoms with Crippen molar-refractivity contribution in [2.45, 2.75) is 115 Å². The highest BCUT2D eigenvalue weighted by atomic mass is 35.5. The summed E-state index contributed by atoms with van der Waals surface area (Å²) in [5, 5.41) is 14.2. The van der Waals surface area contributed by atoms with Crippen LogP contribution >= 0.6 is 11.6 Å². The molecule has 1 aromatic heterocycles. The Morgan fingerprint density at radius 2 is 1.70 bits per heavy atom. The van der Waals surface area contributed by atoms with Crippen molar-refractivity contribution < 1.29 is 37.1 Å². The van der Waals surface area contributed by atoms with Gasteiger partial charge in [0.2, 0.25) is 27.7 Å². The number of hydrogen-bond acceptors (Lipinski definition) is 10. The lowest BCUT2D eigenvalue weighted by Crippen LogP contribution is -2.62. The minimum Gasteiger partial charge on any atom is -0.471 e. The Labute approximate surface area is 298 Å². The average Bonchev–Trinajstić information content (AvgIpc) is 3.79. The fourth-order valence-corrected chi connectivity index (χ4v) is 7.20. The smallest absolute Gasteiger partial charge is 0.408 e. The lowest BCUT2D eigenvalue weighted by molar-refractivity contribution is -0.143. The van der Waals surface area contributed by atoms with E-state index in [0.29, 0.717) is 23.6 Å². The number of carbonyl (C=O) groups excluding carboxylic acids is 4. The van der Waals surface area contributed by atoms with Crippen LogP contribution in [0.4, 0.5) is 4.79 Å². The third-order valence-electron chi connectivity index (χ3n) is 8.46. The molecule has 3 N–H and O–H groups in total. The molecular weight excluding hydrogens is 688 g/mol. The van der Waals surface area contributed by atoms with E-state index in [9.17, 15) is 27.6 Å². The molecule has 1 saturated carbocycles. The summed E-state index contributed by atoms with van der Waals surface area (Å²) in [5.41, 5.74) is -3.35. The van der Waals surface area contributed by atoms with Crippen LogP contribution in [0.2, 0.25) is 5.15 Å². The molecule has 1 saturated heterocycles. The van der Waals surface area contributed by atoms with Crippen LogP contribution in [-0.4, -0.2) is 88.5 Å². The van der Waals surface area contributed by atoms with Crippen molar-refractivity contribution in [3.8, 4) is 5.88 Å². The molecule has 0 bridgehead atoms. The van der Waals surface area contributed by atoms with Gasteiger partial charge in [-0.05, 0) is 64.9 Å². The Morgan fingerprint density at radius 3 is 2.28 bits per heavy atom. The number of nitrogens with zero attached hydrogens (tertiary/aromatic N) is 3. The van der Waals surface area contributed by atoms with E-state index in [1.165, 1.54) is 11.8 Å². The van der Waals surface area contributed by atoms with Gasteiger partial charge in [0.1, 0.15) is 29.3 Å². The van der Waals surface area contributed by atoms with E-state index < -0.39 is 73.8 Å². The third kappa shape index (κ3) is 9.42. The predicted octanol–water partition coefficient (Wildman–Crippen LogP) is 4.02. The molecule has 2 aromatic rings. The van der Waals surface area contributed by atoms with Crippen LogP contribution in [0, 0.1) is 5.41 Å². The zero-order valence-corrected chi connectivity index (χ0v) is 31.1.